The van der Waals surface area contributed by atoms with Gasteiger partial charge in [-0.05, 0) is 78.4 Å². The maximum absolute atomic E-state index is 10.3. The highest BCUT2D eigenvalue weighted by atomic mass is 16.3. The zero-order chi connectivity index (χ0) is 17.0. The van der Waals surface area contributed by atoms with E-state index in [1.54, 1.807) is 6.08 Å². The zero-order valence-corrected chi connectivity index (χ0v) is 14.9. The summed E-state index contributed by atoms with van der Waals surface area (Å²) in [5, 5.41) is 10.0. The van der Waals surface area contributed by atoms with E-state index >= 15 is 0 Å². The maximum atomic E-state index is 10.3. The van der Waals surface area contributed by atoms with Crippen LogP contribution in [-0.4, -0.2) is 17.5 Å². The number of aliphatic hydroxyl groups excluding tert-OH is 1. The molecule has 2 nitrogen and oxygen atoms in total. The molecule has 0 saturated carbocycles. The van der Waals surface area contributed by atoms with Crippen molar-refractivity contribution in [1.29, 1.82) is 0 Å². The van der Waals surface area contributed by atoms with E-state index in [4.69, 9.17) is 0 Å². The SMILES string of the molecule is CC(C)=CCC(O)C(C)=CCCC(C)=CCCC(C)=CC=O. The van der Waals surface area contributed by atoms with Gasteiger partial charge in [-0.15, -0.1) is 0 Å². The molecule has 0 aliphatic heterocycles. The molecule has 2 heteroatoms. The van der Waals surface area contributed by atoms with E-state index in [0.717, 1.165) is 43.1 Å². The Hall–Kier alpha value is -1.41. The van der Waals surface area contributed by atoms with E-state index in [0.29, 0.717) is 6.42 Å². The summed E-state index contributed by atoms with van der Waals surface area (Å²) in [5.41, 5.74) is 4.78. The first-order valence-electron chi connectivity index (χ1n) is 8.11. The second kappa shape index (κ2) is 12.2. The average Bonchev–Trinajstić information content (AvgIpc) is 2.44. The fraction of sp³-hybridized carbons (Fsp3) is 0.550. The van der Waals surface area contributed by atoms with Gasteiger partial charge in [0, 0.05) is 0 Å². The molecule has 0 spiro atoms. The van der Waals surface area contributed by atoms with Crippen molar-refractivity contribution >= 4 is 6.29 Å². The molecule has 1 atom stereocenters. The second-order valence-corrected chi connectivity index (χ2v) is 6.26. The molecule has 1 unspecified atom stereocenters. The lowest BCUT2D eigenvalue weighted by molar-refractivity contribution is -0.104. The molecule has 22 heavy (non-hydrogen) atoms. The van der Waals surface area contributed by atoms with Crippen LogP contribution in [0.4, 0.5) is 0 Å². The first kappa shape index (κ1) is 20.6. The van der Waals surface area contributed by atoms with E-state index in [9.17, 15) is 9.90 Å². The van der Waals surface area contributed by atoms with Crippen molar-refractivity contribution in [1.82, 2.24) is 0 Å². The lowest BCUT2D eigenvalue weighted by Gasteiger charge is -2.09. The highest BCUT2D eigenvalue weighted by molar-refractivity contribution is 5.65. The van der Waals surface area contributed by atoms with Crippen molar-refractivity contribution in [3.8, 4) is 0 Å². The Morgan fingerprint density at radius 2 is 1.50 bits per heavy atom. The summed E-state index contributed by atoms with van der Waals surface area (Å²) >= 11 is 0. The zero-order valence-electron chi connectivity index (χ0n) is 14.9. The van der Waals surface area contributed by atoms with Crippen LogP contribution in [-0.2, 0) is 4.79 Å². The number of aliphatic hydroxyl groups is 1. The Bertz CT molecular complexity index is 446. The molecule has 0 aliphatic rings. The van der Waals surface area contributed by atoms with Crippen LogP contribution >= 0.6 is 0 Å². The summed E-state index contributed by atoms with van der Waals surface area (Å²) < 4.78 is 0. The normalized spacial score (nSPS) is 14.7. The van der Waals surface area contributed by atoms with Gasteiger partial charge < -0.3 is 5.11 Å². The van der Waals surface area contributed by atoms with Gasteiger partial charge in [0.05, 0.1) is 6.10 Å². The predicted octanol–water partition coefficient (Wildman–Crippen LogP) is 5.30. The molecule has 0 saturated heterocycles. The third-order valence-electron chi connectivity index (χ3n) is 3.66. The Labute approximate surface area is 136 Å². The Morgan fingerprint density at radius 3 is 2.09 bits per heavy atom. The third-order valence-corrected chi connectivity index (χ3v) is 3.66. The molecule has 124 valence electrons. The van der Waals surface area contributed by atoms with Crippen LogP contribution < -0.4 is 0 Å². The number of hydrogen-bond donors (Lipinski definition) is 1. The minimum Gasteiger partial charge on any atom is -0.388 e. The van der Waals surface area contributed by atoms with Crippen molar-refractivity contribution in [3.63, 3.8) is 0 Å². The van der Waals surface area contributed by atoms with E-state index < -0.39 is 0 Å². The molecular weight excluding hydrogens is 272 g/mol. The number of carbonyl (C=O) groups is 1. The number of aldehydes is 1. The van der Waals surface area contributed by atoms with Crippen molar-refractivity contribution in [3.05, 3.63) is 46.6 Å². The Morgan fingerprint density at radius 1 is 0.909 bits per heavy atom. The topological polar surface area (TPSA) is 37.3 Å². The van der Waals surface area contributed by atoms with Gasteiger partial charge >= 0.3 is 0 Å². The molecule has 1 N–H and O–H groups in total. The van der Waals surface area contributed by atoms with Crippen LogP contribution in [0.2, 0.25) is 0 Å². The molecule has 0 aromatic carbocycles. The summed E-state index contributed by atoms with van der Waals surface area (Å²) in [5.74, 6) is 0. The van der Waals surface area contributed by atoms with Gasteiger partial charge in [0.15, 0.2) is 0 Å². The first-order valence-corrected chi connectivity index (χ1v) is 8.11. The minimum absolute atomic E-state index is 0.365. The van der Waals surface area contributed by atoms with Gasteiger partial charge in [0.2, 0.25) is 0 Å². The summed E-state index contributed by atoms with van der Waals surface area (Å²) in [4.78, 5) is 10.3. The standard InChI is InChI=1S/C20H32O2/c1-16(2)12-13-20(22)19(5)11-7-10-17(3)8-6-9-18(4)14-15-21/h8,11-12,14-15,20,22H,6-7,9-10,13H2,1-5H3. The summed E-state index contributed by atoms with van der Waals surface area (Å²) in [7, 11) is 0. The van der Waals surface area contributed by atoms with Gasteiger partial charge in [-0.25, -0.2) is 0 Å². The highest BCUT2D eigenvalue weighted by Crippen LogP contribution is 2.13. The number of carbonyl (C=O) groups excluding carboxylic acids is 1. The van der Waals surface area contributed by atoms with Gasteiger partial charge in [-0.2, -0.15) is 0 Å². The summed E-state index contributed by atoms with van der Waals surface area (Å²) in [6.45, 7) is 10.2. The largest absolute Gasteiger partial charge is 0.388 e. The van der Waals surface area contributed by atoms with Gasteiger partial charge in [-0.1, -0.05) is 34.9 Å². The lowest BCUT2D eigenvalue weighted by atomic mass is 10.0. The van der Waals surface area contributed by atoms with Gasteiger partial charge in [0.25, 0.3) is 0 Å². The highest BCUT2D eigenvalue weighted by Gasteiger charge is 2.03. The average molecular weight is 304 g/mol. The van der Waals surface area contributed by atoms with Crippen LogP contribution in [0.1, 0.15) is 66.7 Å². The van der Waals surface area contributed by atoms with Gasteiger partial charge in [-0.3, -0.25) is 4.79 Å². The number of allylic oxidation sites excluding steroid dienone is 6. The van der Waals surface area contributed by atoms with E-state index in [2.05, 4.69) is 25.2 Å². The van der Waals surface area contributed by atoms with E-state index in [-0.39, 0.29) is 6.10 Å². The van der Waals surface area contributed by atoms with Crippen molar-refractivity contribution < 1.29 is 9.90 Å². The van der Waals surface area contributed by atoms with Crippen LogP contribution in [0.15, 0.2) is 46.6 Å². The second-order valence-electron chi connectivity index (χ2n) is 6.26. The maximum Gasteiger partial charge on any atom is 0.142 e. The molecule has 0 aromatic heterocycles. The molecule has 0 aromatic rings. The Kier molecular flexibility index (Phi) is 11.4. The number of rotatable bonds is 10. The van der Waals surface area contributed by atoms with Crippen molar-refractivity contribution in [2.24, 2.45) is 0 Å². The minimum atomic E-state index is -0.365. The first-order chi connectivity index (χ1) is 10.4. The fourth-order valence-corrected chi connectivity index (χ4v) is 2.04. The molecule has 0 bridgehead atoms. The third kappa shape index (κ3) is 11.3. The molecule has 0 rings (SSSR count). The molecule has 0 aliphatic carbocycles. The van der Waals surface area contributed by atoms with E-state index in [1.165, 1.54) is 11.1 Å². The van der Waals surface area contributed by atoms with Crippen molar-refractivity contribution in [2.75, 3.05) is 0 Å². The van der Waals surface area contributed by atoms with Crippen LogP contribution in [0.5, 0.6) is 0 Å². The van der Waals surface area contributed by atoms with Crippen LogP contribution in [0.3, 0.4) is 0 Å². The van der Waals surface area contributed by atoms with Crippen LogP contribution in [0.25, 0.3) is 0 Å². The summed E-state index contributed by atoms with van der Waals surface area (Å²) in [6, 6.07) is 0. The predicted molar refractivity (Wildman–Crippen MR) is 95.9 cm³/mol. The van der Waals surface area contributed by atoms with Crippen LogP contribution in [0, 0.1) is 0 Å². The monoisotopic (exact) mass is 304 g/mol. The van der Waals surface area contributed by atoms with Gasteiger partial charge in [0.1, 0.15) is 6.29 Å². The smallest absolute Gasteiger partial charge is 0.142 e. The molecule has 0 fully saturated rings. The van der Waals surface area contributed by atoms with E-state index in [1.807, 2.05) is 27.7 Å². The molecule has 0 heterocycles. The van der Waals surface area contributed by atoms with Crippen molar-refractivity contribution in [2.45, 2.75) is 72.8 Å². The lowest BCUT2D eigenvalue weighted by Crippen LogP contribution is -2.06. The number of hydrogen-bond acceptors (Lipinski definition) is 2. The fourth-order valence-electron chi connectivity index (χ4n) is 2.04. The molecular formula is C20H32O2. The molecule has 0 amide bonds. The molecule has 0 radical (unpaired) electrons. The summed E-state index contributed by atoms with van der Waals surface area (Å²) in [6.07, 6.45) is 13.2. The Balaban J connectivity index is 4.15. The quantitative estimate of drug-likeness (QED) is 0.338.